The number of hydrogen-bond acceptors (Lipinski definition) is 3. The predicted molar refractivity (Wildman–Crippen MR) is 51.1 cm³/mol. The minimum Gasteiger partial charge on any atom is -0.310 e. The van der Waals surface area contributed by atoms with Gasteiger partial charge in [0.05, 0.1) is 0 Å². The Bertz CT molecular complexity index is 277. The van der Waals surface area contributed by atoms with Crippen LogP contribution >= 0.6 is 0 Å². The summed E-state index contributed by atoms with van der Waals surface area (Å²) in [4.78, 5) is 15.2. The van der Waals surface area contributed by atoms with Gasteiger partial charge < -0.3 is 4.84 Å². The molecule has 3 atom stereocenters. The molecule has 2 saturated carbocycles. The third-order valence-corrected chi connectivity index (χ3v) is 4.93. The van der Waals surface area contributed by atoms with Crippen LogP contribution in [0.4, 0.5) is 0 Å². The summed E-state index contributed by atoms with van der Waals surface area (Å²) in [5.41, 5.74) is 0.179. The summed E-state index contributed by atoms with van der Waals surface area (Å²) in [6.45, 7) is 6.57. The van der Waals surface area contributed by atoms with E-state index >= 15 is 0 Å². The number of nitrogens with zero attached hydrogens (tertiary/aromatic N) is 1. The highest BCUT2D eigenvalue weighted by Crippen LogP contribution is 2.66. The molecular formula is C10H17NO3. The second-order valence-electron chi connectivity index (χ2n) is 5.43. The maximum atomic E-state index is 10.4. The van der Waals surface area contributed by atoms with E-state index in [4.69, 9.17) is 4.84 Å². The molecule has 2 rings (SSSR count). The van der Waals surface area contributed by atoms with Crippen LogP contribution in [0.3, 0.4) is 0 Å². The van der Waals surface area contributed by atoms with Gasteiger partial charge in [0.15, 0.2) is 0 Å². The molecule has 4 nitrogen and oxygen atoms in total. The van der Waals surface area contributed by atoms with Crippen molar-refractivity contribution in [1.29, 1.82) is 0 Å². The van der Waals surface area contributed by atoms with Crippen molar-refractivity contribution in [1.82, 2.24) is 0 Å². The first-order chi connectivity index (χ1) is 6.38. The Labute approximate surface area is 83.7 Å². The molecule has 80 valence electrons. The van der Waals surface area contributed by atoms with Gasteiger partial charge in [-0.3, -0.25) is 0 Å². The molecule has 14 heavy (non-hydrogen) atoms. The molecule has 2 bridgehead atoms. The zero-order valence-electron chi connectivity index (χ0n) is 8.95. The lowest BCUT2D eigenvalue weighted by atomic mass is 9.70. The molecule has 2 fully saturated rings. The summed E-state index contributed by atoms with van der Waals surface area (Å²) in [6.07, 6.45) is 2.92. The van der Waals surface area contributed by atoms with Crippen LogP contribution in [0.5, 0.6) is 0 Å². The highest BCUT2D eigenvalue weighted by molar-refractivity contribution is 5.10. The van der Waals surface area contributed by atoms with Crippen LogP contribution in [0.15, 0.2) is 0 Å². The normalized spacial score (nSPS) is 43.9. The van der Waals surface area contributed by atoms with Gasteiger partial charge in [0, 0.05) is 0 Å². The summed E-state index contributed by atoms with van der Waals surface area (Å²) in [5.74, 6) is 0.595. The molecule has 0 heterocycles. The van der Waals surface area contributed by atoms with Crippen molar-refractivity contribution in [3.05, 3.63) is 10.1 Å². The van der Waals surface area contributed by atoms with Crippen LogP contribution in [0.25, 0.3) is 0 Å². The van der Waals surface area contributed by atoms with Crippen molar-refractivity contribution in [2.75, 3.05) is 0 Å². The molecule has 0 aromatic rings. The smallest absolute Gasteiger partial charge is 0.294 e. The maximum absolute atomic E-state index is 10.4. The molecule has 0 aliphatic heterocycles. The fourth-order valence-corrected chi connectivity index (χ4v) is 3.39. The number of rotatable bonds is 2. The first-order valence-electron chi connectivity index (χ1n) is 5.19. The second kappa shape index (κ2) is 2.61. The highest BCUT2D eigenvalue weighted by atomic mass is 17.0. The fourth-order valence-electron chi connectivity index (χ4n) is 3.39. The van der Waals surface area contributed by atoms with E-state index in [1.165, 1.54) is 6.42 Å². The predicted octanol–water partition coefficient (Wildman–Crippen LogP) is 2.41. The molecule has 0 radical (unpaired) electrons. The third-order valence-electron chi connectivity index (χ3n) is 4.93. The largest absolute Gasteiger partial charge is 0.310 e. The lowest BCUT2D eigenvalue weighted by Gasteiger charge is -2.37. The molecule has 0 amide bonds. The van der Waals surface area contributed by atoms with E-state index < -0.39 is 5.09 Å². The van der Waals surface area contributed by atoms with Gasteiger partial charge in [-0.2, -0.15) is 0 Å². The summed E-state index contributed by atoms with van der Waals surface area (Å²) in [5, 5.41) is 9.74. The monoisotopic (exact) mass is 199 g/mol. The Morgan fingerprint density at radius 3 is 2.43 bits per heavy atom. The average Bonchev–Trinajstić information content (AvgIpc) is 2.35. The van der Waals surface area contributed by atoms with E-state index in [0.29, 0.717) is 5.92 Å². The summed E-state index contributed by atoms with van der Waals surface area (Å²) in [7, 11) is 0. The Kier molecular flexibility index (Phi) is 1.82. The van der Waals surface area contributed by atoms with Gasteiger partial charge in [-0.15, -0.1) is 10.1 Å². The quantitative estimate of drug-likeness (QED) is 0.507. The van der Waals surface area contributed by atoms with E-state index in [0.717, 1.165) is 12.8 Å². The fraction of sp³-hybridized carbons (Fsp3) is 1.00. The maximum Gasteiger partial charge on any atom is 0.294 e. The van der Waals surface area contributed by atoms with Crippen molar-refractivity contribution in [2.45, 2.75) is 46.1 Å². The number of hydrogen-bond donors (Lipinski definition) is 0. The molecule has 0 N–H and O–H groups in total. The molecule has 0 spiro atoms. The summed E-state index contributed by atoms with van der Waals surface area (Å²) >= 11 is 0. The summed E-state index contributed by atoms with van der Waals surface area (Å²) < 4.78 is 0. The van der Waals surface area contributed by atoms with E-state index in [9.17, 15) is 10.1 Å². The van der Waals surface area contributed by atoms with Gasteiger partial charge in [0.1, 0.15) is 6.10 Å². The molecule has 0 saturated heterocycles. The van der Waals surface area contributed by atoms with Crippen LogP contribution in [0.1, 0.15) is 40.0 Å². The Balaban J connectivity index is 2.23. The van der Waals surface area contributed by atoms with Crippen molar-refractivity contribution >= 4 is 0 Å². The van der Waals surface area contributed by atoms with Crippen molar-refractivity contribution < 1.29 is 9.92 Å². The zero-order chi connectivity index (χ0) is 10.6. The molecular weight excluding hydrogens is 182 g/mol. The molecule has 0 aromatic carbocycles. The van der Waals surface area contributed by atoms with Gasteiger partial charge >= 0.3 is 0 Å². The van der Waals surface area contributed by atoms with Gasteiger partial charge in [0.25, 0.3) is 5.09 Å². The van der Waals surface area contributed by atoms with Gasteiger partial charge in [-0.1, -0.05) is 20.8 Å². The van der Waals surface area contributed by atoms with Crippen LogP contribution in [0, 0.1) is 26.9 Å². The third kappa shape index (κ3) is 0.996. The summed E-state index contributed by atoms with van der Waals surface area (Å²) in [6, 6.07) is 0. The molecule has 2 aliphatic carbocycles. The zero-order valence-corrected chi connectivity index (χ0v) is 8.95. The number of fused-ring (bicyclic) bond motifs is 2. The average molecular weight is 199 g/mol. The highest BCUT2D eigenvalue weighted by Gasteiger charge is 2.62. The Morgan fingerprint density at radius 2 is 2.07 bits per heavy atom. The Hall–Kier alpha value is -0.800. The van der Waals surface area contributed by atoms with Gasteiger partial charge in [-0.25, -0.2) is 0 Å². The van der Waals surface area contributed by atoms with Crippen molar-refractivity contribution in [2.24, 2.45) is 16.7 Å². The van der Waals surface area contributed by atoms with E-state index in [-0.39, 0.29) is 16.9 Å². The van der Waals surface area contributed by atoms with Crippen LogP contribution in [-0.4, -0.2) is 11.2 Å². The first kappa shape index (κ1) is 9.74. The van der Waals surface area contributed by atoms with E-state index in [1.54, 1.807) is 0 Å². The standard InChI is InChI=1S/C10H17NO3/c1-9(2)7-4-5-10(9,3)8(6-7)14-11(12)13/h7-8H,4-6H2,1-3H3/t7-,8+,10-/m1/s1. The van der Waals surface area contributed by atoms with Crippen LogP contribution in [-0.2, 0) is 4.84 Å². The van der Waals surface area contributed by atoms with Gasteiger partial charge in [0.2, 0.25) is 0 Å². The molecule has 2 aliphatic rings. The molecule has 0 aromatic heterocycles. The SMILES string of the molecule is CC1(C)[C@@H]2CC[C@]1(C)[C@@H](O[N+](=O)[O-])C2. The molecule has 4 heteroatoms. The van der Waals surface area contributed by atoms with E-state index in [2.05, 4.69) is 20.8 Å². The minimum absolute atomic E-state index is 0.00919. The van der Waals surface area contributed by atoms with Crippen LogP contribution < -0.4 is 0 Å². The van der Waals surface area contributed by atoms with Crippen LogP contribution in [0.2, 0.25) is 0 Å². The lowest BCUT2D eigenvalue weighted by molar-refractivity contribution is -0.772. The Morgan fingerprint density at radius 1 is 1.43 bits per heavy atom. The topological polar surface area (TPSA) is 52.4 Å². The van der Waals surface area contributed by atoms with Crippen molar-refractivity contribution in [3.8, 4) is 0 Å². The van der Waals surface area contributed by atoms with E-state index in [1.807, 2.05) is 0 Å². The van der Waals surface area contributed by atoms with Crippen molar-refractivity contribution in [3.63, 3.8) is 0 Å². The first-order valence-corrected chi connectivity index (χ1v) is 5.19. The molecule has 0 unspecified atom stereocenters. The second-order valence-corrected chi connectivity index (χ2v) is 5.43. The van der Waals surface area contributed by atoms with Gasteiger partial charge in [-0.05, 0) is 36.0 Å². The lowest BCUT2D eigenvalue weighted by Crippen LogP contribution is -2.38. The minimum atomic E-state index is -0.632.